The Morgan fingerprint density at radius 1 is 1.22 bits per heavy atom. The zero-order valence-electron chi connectivity index (χ0n) is 19.6. The van der Waals surface area contributed by atoms with E-state index in [2.05, 4.69) is 25.5 Å². The largest absolute Gasteiger partial charge is 0.393 e. The number of likely N-dealkylation sites (tertiary alicyclic amines) is 1. The average molecular weight is 511 g/mol. The summed E-state index contributed by atoms with van der Waals surface area (Å²) >= 11 is 1.48. The van der Waals surface area contributed by atoms with E-state index < -0.39 is 6.10 Å². The van der Waals surface area contributed by atoms with Crippen LogP contribution in [0.5, 0.6) is 0 Å². The first-order valence-electron chi connectivity index (χ1n) is 12.2. The molecule has 0 spiro atoms. The molecule has 6 rings (SSSR count). The van der Waals surface area contributed by atoms with Gasteiger partial charge >= 0.3 is 0 Å². The van der Waals surface area contributed by atoms with Crippen LogP contribution in [0.2, 0.25) is 0 Å². The zero-order valence-corrected chi connectivity index (χ0v) is 20.4. The van der Waals surface area contributed by atoms with Crippen LogP contribution in [0, 0.1) is 11.7 Å². The van der Waals surface area contributed by atoms with E-state index in [1.54, 1.807) is 10.6 Å². The maximum atomic E-state index is 14.8. The number of hydrogen-bond donors (Lipinski definition) is 3. The second-order valence-corrected chi connectivity index (χ2v) is 10.7. The predicted molar refractivity (Wildman–Crippen MR) is 135 cm³/mol. The lowest BCUT2D eigenvalue weighted by Gasteiger charge is -2.37. The number of anilines is 1. The Hall–Kier alpha value is -2.86. The van der Waals surface area contributed by atoms with E-state index in [9.17, 15) is 19.1 Å². The zero-order chi connectivity index (χ0) is 24.8. The molecule has 3 N–H and O–H groups in total. The van der Waals surface area contributed by atoms with E-state index in [0.717, 1.165) is 17.1 Å². The molecule has 11 heteroatoms. The van der Waals surface area contributed by atoms with Crippen molar-refractivity contribution in [2.45, 2.75) is 36.4 Å². The number of fused-ring (bicyclic) bond motifs is 1. The summed E-state index contributed by atoms with van der Waals surface area (Å²) in [7, 11) is 0. The summed E-state index contributed by atoms with van der Waals surface area (Å²) in [5, 5.41) is 16.8. The van der Waals surface area contributed by atoms with Crippen molar-refractivity contribution in [1.82, 2.24) is 24.8 Å². The van der Waals surface area contributed by atoms with E-state index in [-0.39, 0.29) is 29.1 Å². The second-order valence-electron chi connectivity index (χ2n) is 9.73. The van der Waals surface area contributed by atoms with Crippen molar-refractivity contribution in [2.24, 2.45) is 5.92 Å². The highest BCUT2D eigenvalue weighted by Gasteiger charge is 2.34. The summed E-state index contributed by atoms with van der Waals surface area (Å²) in [4.78, 5) is 36.0. The molecule has 188 valence electrons. The van der Waals surface area contributed by atoms with E-state index in [4.69, 9.17) is 0 Å². The Labute approximate surface area is 211 Å². The first-order chi connectivity index (χ1) is 17.5. The SMILES string of the molecule is O=C1CSc2ccc(CNC[C@@H]3CN(CC4Cn5c(=O)ccc6ncc(F)c4c65)CC[C@@H]3O)nc2N1. The summed E-state index contributed by atoms with van der Waals surface area (Å²) in [6.45, 7) is 3.59. The van der Waals surface area contributed by atoms with E-state index in [0.29, 0.717) is 67.3 Å². The molecular weight excluding hydrogens is 483 g/mol. The van der Waals surface area contributed by atoms with Crippen molar-refractivity contribution >= 4 is 34.5 Å². The highest BCUT2D eigenvalue weighted by Crippen LogP contribution is 2.35. The smallest absolute Gasteiger partial charge is 0.251 e. The van der Waals surface area contributed by atoms with Crippen LogP contribution < -0.4 is 16.2 Å². The third-order valence-electron chi connectivity index (χ3n) is 7.30. The van der Waals surface area contributed by atoms with E-state index in [1.165, 1.54) is 24.0 Å². The highest BCUT2D eigenvalue weighted by atomic mass is 32.2. The molecule has 3 aromatic heterocycles. The topological polar surface area (TPSA) is 112 Å². The van der Waals surface area contributed by atoms with Crippen LogP contribution in [-0.2, 0) is 17.9 Å². The number of nitrogens with one attached hydrogen (secondary N) is 2. The van der Waals surface area contributed by atoms with Gasteiger partial charge in [0.2, 0.25) is 5.91 Å². The van der Waals surface area contributed by atoms with Gasteiger partial charge in [-0.2, -0.15) is 0 Å². The molecule has 1 amide bonds. The Bertz CT molecular complexity index is 1400. The van der Waals surface area contributed by atoms with Crippen molar-refractivity contribution < 1.29 is 14.3 Å². The second kappa shape index (κ2) is 9.55. The lowest BCUT2D eigenvalue weighted by Crippen LogP contribution is -2.48. The minimum Gasteiger partial charge on any atom is -0.393 e. The van der Waals surface area contributed by atoms with Crippen LogP contribution in [0.1, 0.15) is 23.6 Å². The molecule has 0 aromatic carbocycles. The lowest BCUT2D eigenvalue weighted by atomic mass is 9.92. The number of pyridine rings is 3. The normalized spacial score (nSPS) is 23.6. The van der Waals surface area contributed by atoms with Gasteiger partial charge < -0.3 is 25.2 Å². The summed E-state index contributed by atoms with van der Waals surface area (Å²) in [6.07, 6.45) is 1.46. The molecule has 0 bridgehead atoms. The molecule has 0 saturated carbocycles. The first kappa shape index (κ1) is 23.5. The van der Waals surface area contributed by atoms with Crippen molar-refractivity contribution in [2.75, 3.05) is 37.2 Å². The first-order valence-corrected chi connectivity index (χ1v) is 13.2. The fourth-order valence-electron chi connectivity index (χ4n) is 5.56. The number of thioether (sulfide) groups is 1. The van der Waals surface area contributed by atoms with Crippen LogP contribution in [0.4, 0.5) is 10.2 Å². The fourth-order valence-corrected chi connectivity index (χ4v) is 6.31. The summed E-state index contributed by atoms with van der Waals surface area (Å²) in [6, 6.07) is 7.07. The Morgan fingerprint density at radius 3 is 3.00 bits per heavy atom. The molecule has 1 fully saturated rings. The molecule has 0 aliphatic carbocycles. The number of aliphatic hydroxyl groups excluding tert-OH is 1. The summed E-state index contributed by atoms with van der Waals surface area (Å²) in [5.41, 5.74) is 2.50. The minimum absolute atomic E-state index is 0.0143. The molecular formula is C25H27FN6O3S. The Balaban J connectivity index is 1.09. The fraction of sp³-hybridized carbons (Fsp3) is 0.440. The van der Waals surface area contributed by atoms with Crippen molar-refractivity contribution in [3.63, 3.8) is 0 Å². The van der Waals surface area contributed by atoms with Crippen LogP contribution >= 0.6 is 11.8 Å². The molecule has 3 atom stereocenters. The van der Waals surface area contributed by atoms with E-state index >= 15 is 0 Å². The standard InChI is InChI=1S/C25H27FN6O3S/c26-17-9-28-18-2-4-22(35)32-12-15(23(17)24(18)32)11-31-6-5-19(33)14(10-31)7-27-8-16-1-3-20-25(29-16)30-21(34)13-36-20/h1-4,9,14-15,19,27,33H,5-8,10-13H2,(H,29,30,34)/t14-,15?,19+/m1/s1. The number of piperidine rings is 1. The molecule has 1 unspecified atom stereocenters. The number of rotatable bonds is 6. The van der Waals surface area contributed by atoms with Gasteiger partial charge in [-0.15, -0.1) is 11.8 Å². The van der Waals surface area contributed by atoms with Gasteiger partial charge in [0, 0.05) is 62.7 Å². The Kier molecular flexibility index (Phi) is 6.24. The van der Waals surface area contributed by atoms with Crippen LogP contribution in [0.3, 0.4) is 0 Å². The van der Waals surface area contributed by atoms with Gasteiger partial charge in [-0.05, 0) is 24.6 Å². The van der Waals surface area contributed by atoms with Crippen molar-refractivity contribution in [3.05, 3.63) is 57.9 Å². The lowest BCUT2D eigenvalue weighted by molar-refractivity contribution is -0.113. The quantitative estimate of drug-likeness (QED) is 0.458. The number of hydrogen-bond acceptors (Lipinski definition) is 8. The van der Waals surface area contributed by atoms with Gasteiger partial charge in [0.05, 0.1) is 39.7 Å². The van der Waals surface area contributed by atoms with Gasteiger partial charge in [-0.3, -0.25) is 14.6 Å². The number of aromatic nitrogens is 3. The van der Waals surface area contributed by atoms with Crippen molar-refractivity contribution in [3.8, 4) is 0 Å². The third-order valence-corrected chi connectivity index (χ3v) is 8.35. The molecule has 3 aliphatic rings. The predicted octanol–water partition coefficient (Wildman–Crippen LogP) is 1.54. The molecule has 9 nitrogen and oxygen atoms in total. The number of amides is 1. The van der Waals surface area contributed by atoms with Gasteiger partial charge in [0.1, 0.15) is 11.6 Å². The van der Waals surface area contributed by atoms with Crippen LogP contribution in [-0.4, -0.2) is 68.5 Å². The average Bonchev–Trinajstić information content (AvgIpc) is 3.25. The van der Waals surface area contributed by atoms with Crippen LogP contribution in [0.25, 0.3) is 11.0 Å². The molecule has 3 aromatic rings. The maximum Gasteiger partial charge on any atom is 0.251 e. The maximum absolute atomic E-state index is 14.8. The van der Waals surface area contributed by atoms with Gasteiger partial charge in [-0.1, -0.05) is 0 Å². The molecule has 6 heterocycles. The van der Waals surface area contributed by atoms with Gasteiger partial charge in [0.15, 0.2) is 0 Å². The molecule has 0 radical (unpaired) electrons. The van der Waals surface area contributed by atoms with E-state index in [1.807, 2.05) is 12.1 Å². The number of carbonyl (C=O) groups excluding carboxylic acids is 1. The van der Waals surface area contributed by atoms with Gasteiger partial charge in [0.25, 0.3) is 5.56 Å². The summed E-state index contributed by atoms with van der Waals surface area (Å²) < 4.78 is 16.4. The monoisotopic (exact) mass is 510 g/mol. The number of halogens is 1. The van der Waals surface area contributed by atoms with Crippen LogP contribution in [0.15, 0.2) is 40.2 Å². The number of aliphatic hydroxyl groups is 1. The Morgan fingerprint density at radius 2 is 2.11 bits per heavy atom. The molecule has 1 saturated heterocycles. The summed E-state index contributed by atoms with van der Waals surface area (Å²) in [5.74, 6) is 0.478. The van der Waals surface area contributed by atoms with Gasteiger partial charge in [-0.25, -0.2) is 9.37 Å². The highest BCUT2D eigenvalue weighted by molar-refractivity contribution is 8.00. The number of carbonyl (C=O) groups is 1. The molecule has 3 aliphatic heterocycles. The number of nitrogens with zero attached hydrogens (tertiary/aromatic N) is 4. The van der Waals surface area contributed by atoms with Crippen molar-refractivity contribution in [1.29, 1.82) is 0 Å². The molecule has 36 heavy (non-hydrogen) atoms. The third kappa shape index (κ3) is 4.40. The minimum atomic E-state index is -0.423.